The molecule has 0 fully saturated rings. The van der Waals surface area contributed by atoms with Crippen molar-refractivity contribution in [3.63, 3.8) is 0 Å². The van der Waals surface area contributed by atoms with Gasteiger partial charge in [-0.15, -0.1) is 0 Å². The zero-order valence-electron chi connectivity index (χ0n) is 16.4. The quantitative estimate of drug-likeness (QED) is 0.816. The molecule has 2 bridgehead atoms. The number of nitrogens with zero attached hydrogens (tertiary/aromatic N) is 1. The summed E-state index contributed by atoms with van der Waals surface area (Å²) in [5, 5.41) is 11.7. The fraction of sp³-hybridized carbons (Fsp3) is 0.292. The molecule has 0 radical (unpaired) electrons. The summed E-state index contributed by atoms with van der Waals surface area (Å²) in [5.41, 5.74) is 2.80. The van der Waals surface area contributed by atoms with Crippen molar-refractivity contribution >= 4 is 5.91 Å². The van der Waals surface area contributed by atoms with Gasteiger partial charge in [0.05, 0.1) is 12.5 Å². The van der Waals surface area contributed by atoms with Gasteiger partial charge < -0.3 is 5.11 Å². The summed E-state index contributed by atoms with van der Waals surface area (Å²) in [4.78, 5) is 19.5. The van der Waals surface area contributed by atoms with Crippen LogP contribution in [0.15, 0.2) is 72.8 Å². The summed E-state index contributed by atoms with van der Waals surface area (Å²) in [7, 11) is 0. The van der Waals surface area contributed by atoms with E-state index in [4.69, 9.17) is 4.84 Å². The largest absolute Gasteiger partial charge is 0.388 e. The first-order valence-corrected chi connectivity index (χ1v) is 9.62. The SMILES string of the molecule is C/C=C/C=C/C(O)CC(=O)N1OC2(C)c3ccccc3C1(C)c1ccccc12. The number of hydrogen-bond acceptors (Lipinski definition) is 3. The van der Waals surface area contributed by atoms with Gasteiger partial charge in [0.2, 0.25) is 5.91 Å². The van der Waals surface area contributed by atoms with Crippen LogP contribution in [0.25, 0.3) is 0 Å². The first-order valence-electron chi connectivity index (χ1n) is 9.62. The van der Waals surface area contributed by atoms with Crippen LogP contribution in [0, 0.1) is 0 Å². The third-order valence-electron chi connectivity index (χ3n) is 5.86. The van der Waals surface area contributed by atoms with Crippen LogP contribution < -0.4 is 0 Å². The molecule has 1 amide bonds. The summed E-state index contributed by atoms with van der Waals surface area (Å²) in [6, 6.07) is 16.3. The highest BCUT2D eigenvalue weighted by Gasteiger charge is 2.58. The van der Waals surface area contributed by atoms with Crippen LogP contribution in [0.1, 0.15) is 49.4 Å². The predicted octanol–water partition coefficient (Wildman–Crippen LogP) is 4.18. The molecule has 4 heteroatoms. The Morgan fingerprint density at radius 3 is 2.11 bits per heavy atom. The summed E-state index contributed by atoms with van der Waals surface area (Å²) in [6.45, 7) is 5.92. The zero-order chi connectivity index (χ0) is 19.9. The van der Waals surface area contributed by atoms with Crippen LogP contribution in [0.2, 0.25) is 0 Å². The fourth-order valence-electron chi connectivity index (χ4n) is 4.46. The van der Waals surface area contributed by atoms with Crippen LogP contribution >= 0.6 is 0 Å². The standard InChI is InChI=1S/C24H25NO3/c1-4-5-6-11-17(26)16-22(27)25-23(2)18-12-7-9-14-20(18)24(3,28-25)21-15-10-8-13-19(21)23/h4-15,17,26H,16H2,1-3H3/b5-4+,11-6+. The second kappa shape index (κ2) is 6.73. The Morgan fingerprint density at radius 2 is 1.57 bits per heavy atom. The van der Waals surface area contributed by atoms with Gasteiger partial charge in [-0.25, -0.2) is 5.06 Å². The molecule has 28 heavy (non-hydrogen) atoms. The molecule has 144 valence electrons. The molecule has 3 aliphatic rings. The van der Waals surface area contributed by atoms with Gasteiger partial charge in [0.1, 0.15) is 11.1 Å². The third-order valence-corrected chi connectivity index (χ3v) is 5.86. The van der Waals surface area contributed by atoms with E-state index in [0.717, 1.165) is 22.3 Å². The van der Waals surface area contributed by atoms with E-state index in [1.54, 1.807) is 12.2 Å². The van der Waals surface area contributed by atoms with E-state index in [-0.39, 0.29) is 12.3 Å². The minimum atomic E-state index is -0.866. The molecule has 0 aromatic heterocycles. The van der Waals surface area contributed by atoms with Gasteiger partial charge in [-0.3, -0.25) is 9.63 Å². The molecule has 0 spiro atoms. The number of carbonyl (C=O) groups is 1. The second-order valence-corrected chi connectivity index (χ2v) is 7.66. The van der Waals surface area contributed by atoms with Gasteiger partial charge in [0, 0.05) is 0 Å². The number of allylic oxidation sites excluding steroid dienone is 3. The van der Waals surface area contributed by atoms with E-state index >= 15 is 0 Å². The average Bonchev–Trinajstić information content (AvgIpc) is 2.70. The first kappa shape index (κ1) is 18.7. The van der Waals surface area contributed by atoms with Crippen LogP contribution in [-0.2, 0) is 20.8 Å². The molecule has 1 atom stereocenters. The first-order chi connectivity index (χ1) is 13.4. The molecule has 2 aromatic rings. The minimum absolute atomic E-state index is 0.0376. The second-order valence-electron chi connectivity index (χ2n) is 7.66. The fourth-order valence-corrected chi connectivity index (χ4v) is 4.46. The Bertz CT molecular complexity index is 928. The summed E-state index contributed by atoms with van der Waals surface area (Å²) >= 11 is 0. The number of aliphatic hydroxyl groups excluding tert-OH is 1. The molecular weight excluding hydrogens is 350 g/mol. The third kappa shape index (κ3) is 2.56. The van der Waals surface area contributed by atoms with Crippen molar-refractivity contribution in [3.05, 3.63) is 95.1 Å². The van der Waals surface area contributed by atoms with E-state index in [0.29, 0.717) is 0 Å². The van der Waals surface area contributed by atoms with Gasteiger partial charge >= 0.3 is 0 Å². The molecule has 2 aromatic carbocycles. The Kier molecular flexibility index (Phi) is 4.48. The maximum Gasteiger partial charge on any atom is 0.250 e. The van der Waals surface area contributed by atoms with Gasteiger partial charge in [0.15, 0.2) is 0 Å². The van der Waals surface area contributed by atoms with Crippen molar-refractivity contribution < 1.29 is 14.7 Å². The molecule has 4 nitrogen and oxygen atoms in total. The van der Waals surface area contributed by atoms with Crippen molar-refractivity contribution in [2.45, 2.75) is 44.4 Å². The predicted molar refractivity (Wildman–Crippen MR) is 108 cm³/mol. The van der Waals surface area contributed by atoms with E-state index in [9.17, 15) is 9.90 Å². The van der Waals surface area contributed by atoms with Crippen LogP contribution in [-0.4, -0.2) is 22.2 Å². The van der Waals surface area contributed by atoms with Crippen molar-refractivity contribution in [2.24, 2.45) is 0 Å². The lowest BCUT2D eigenvalue weighted by Crippen LogP contribution is -2.61. The van der Waals surface area contributed by atoms with Crippen LogP contribution in [0.3, 0.4) is 0 Å². The Hall–Kier alpha value is -2.69. The van der Waals surface area contributed by atoms with Gasteiger partial charge in [-0.05, 0) is 43.0 Å². The number of aliphatic hydroxyl groups is 1. The molecule has 0 saturated carbocycles. The maximum absolute atomic E-state index is 13.2. The number of benzene rings is 2. The molecular formula is C24H25NO3. The van der Waals surface area contributed by atoms with Gasteiger partial charge in [0.25, 0.3) is 0 Å². The lowest BCUT2D eigenvalue weighted by molar-refractivity contribution is -0.283. The highest BCUT2D eigenvalue weighted by Crippen LogP contribution is 2.57. The Balaban J connectivity index is 1.78. The number of amides is 1. The van der Waals surface area contributed by atoms with E-state index < -0.39 is 17.2 Å². The lowest BCUT2D eigenvalue weighted by atomic mass is 9.65. The van der Waals surface area contributed by atoms with Gasteiger partial charge in [-0.2, -0.15) is 0 Å². The van der Waals surface area contributed by atoms with Crippen molar-refractivity contribution in [3.8, 4) is 0 Å². The van der Waals surface area contributed by atoms with Crippen molar-refractivity contribution in [2.75, 3.05) is 0 Å². The topological polar surface area (TPSA) is 49.8 Å². The van der Waals surface area contributed by atoms with Crippen LogP contribution in [0.5, 0.6) is 0 Å². The summed E-state index contributed by atoms with van der Waals surface area (Å²) < 4.78 is 0. The summed E-state index contributed by atoms with van der Waals surface area (Å²) in [6.07, 6.45) is 6.15. The van der Waals surface area contributed by atoms with E-state index in [2.05, 4.69) is 24.3 Å². The number of carbonyl (C=O) groups excluding carboxylic acids is 1. The average molecular weight is 375 g/mol. The minimum Gasteiger partial charge on any atom is -0.388 e. The monoisotopic (exact) mass is 375 g/mol. The molecule has 1 aliphatic carbocycles. The highest BCUT2D eigenvalue weighted by molar-refractivity contribution is 5.79. The molecule has 1 N–H and O–H groups in total. The molecule has 1 unspecified atom stereocenters. The number of hydroxylamine groups is 2. The zero-order valence-corrected chi connectivity index (χ0v) is 16.4. The van der Waals surface area contributed by atoms with Crippen LogP contribution in [0.4, 0.5) is 0 Å². The highest BCUT2D eigenvalue weighted by atomic mass is 16.7. The van der Waals surface area contributed by atoms with Gasteiger partial charge in [-0.1, -0.05) is 72.8 Å². The van der Waals surface area contributed by atoms with E-state index in [1.807, 2.05) is 57.2 Å². The number of hydrogen-bond donors (Lipinski definition) is 1. The lowest BCUT2D eigenvalue weighted by Gasteiger charge is -2.57. The molecule has 5 rings (SSSR count). The molecule has 2 heterocycles. The van der Waals surface area contributed by atoms with Crippen molar-refractivity contribution in [1.82, 2.24) is 5.06 Å². The maximum atomic E-state index is 13.2. The molecule has 0 saturated heterocycles. The normalized spacial score (nSPS) is 26.5. The summed E-state index contributed by atoms with van der Waals surface area (Å²) in [5.74, 6) is -0.240. The molecule has 2 aliphatic heterocycles. The Labute approximate surface area is 165 Å². The smallest absolute Gasteiger partial charge is 0.250 e. The number of rotatable bonds is 4. The van der Waals surface area contributed by atoms with Crippen molar-refractivity contribution in [1.29, 1.82) is 0 Å². The Morgan fingerprint density at radius 1 is 1.04 bits per heavy atom. The number of fused-ring (bicyclic) bond motifs is 1. The van der Waals surface area contributed by atoms with E-state index in [1.165, 1.54) is 5.06 Å².